The topological polar surface area (TPSA) is 58.6 Å². The fourth-order valence-corrected chi connectivity index (χ4v) is 1.86. The summed E-state index contributed by atoms with van der Waals surface area (Å²) in [6.45, 7) is 1.04. The van der Waals surface area contributed by atoms with Gasteiger partial charge in [0.05, 0.1) is 6.61 Å². The van der Waals surface area contributed by atoms with Gasteiger partial charge >= 0.3 is 5.97 Å². The number of thiophene rings is 1. The molecule has 1 atom stereocenters. The van der Waals surface area contributed by atoms with Gasteiger partial charge in [-0.3, -0.25) is 10.1 Å². The Morgan fingerprint density at radius 2 is 2.57 bits per heavy atom. The molecule has 0 aliphatic carbocycles. The van der Waals surface area contributed by atoms with Gasteiger partial charge < -0.3 is 9.84 Å². The molecular formula is C9H13NO3S. The standard InChI is InChI=1S/C9H13NO3S/c1-13-5-4-10-8(9(11)12)7-3-2-6-14-7/h2-3,6,8,10H,4-5H2,1H3,(H,11,12). The van der Waals surface area contributed by atoms with Gasteiger partial charge in [-0.2, -0.15) is 0 Å². The molecule has 1 rings (SSSR count). The normalized spacial score (nSPS) is 12.6. The molecule has 0 aliphatic heterocycles. The highest BCUT2D eigenvalue weighted by molar-refractivity contribution is 7.10. The number of carboxylic acids is 1. The number of hydrogen-bond donors (Lipinski definition) is 2. The molecule has 0 fully saturated rings. The minimum atomic E-state index is -0.858. The quantitative estimate of drug-likeness (QED) is 0.698. The van der Waals surface area contributed by atoms with Crippen LogP contribution in [0.3, 0.4) is 0 Å². The smallest absolute Gasteiger partial charge is 0.326 e. The first-order chi connectivity index (χ1) is 6.75. The van der Waals surface area contributed by atoms with Crippen LogP contribution in [0, 0.1) is 0 Å². The third-order valence-electron chi connectivity index (χ3n) is 1.73. The van der Waals surface area contributed by atoms with Crippen molar-refractivity contribution >= 4 is 17.3 Å². The Morgan fingerprint density at radius 1 is 1.79 bits per heavy atom. The summed E-state index contributed by atoms with van der Waals surface area (Å²) in [5, 5.41) is 13.7. The van der Waals surface area contributed by atoms with Gasteiger partial charge in [0.25, 0.3) is 0 Å². The predicted octanol–water partition coefficient (Wildman–Crippen LogP) is 1.11. The summed E-state index contributed by atoms with van der Waals surface area (Å²) in [5.41, 5.74) is 0. The maximum absolute atomic E-state index is 10.9. The third-order valence-corrected chi connectivity index (χ3v) is 2.67. The molecule has 0 saturated heterocycles. The van der Waals surface area contributed by atoms with Crippen molar-refractivity contribution in [2.75, 3.05) is 20.3 Å². The van der Waals surface area contributed by atoms with E-state index in [1.807, 2.05) is 17.5 Å². The first kappa shape index (κ1) is 11.2. The maximum Gasteiger partial charge on any atom is 0.326 e. The average Bonchev–Trinajstić information content (AvgIpc) is 2.64. The summed E-state index contributed by atoms with van der Waals surface area (Å²) >= 11 is 1.43. The Hall–Kier alpha value is -0.910. The summed E-state index contributed by atoms with van der Waals surface area (Å²) in [5.74, 6) is -0.858. The summed E-state index contributed by atoms with van der Waals surface area (Å²) < 4.78 is 4.84. The molecule has 1 aromatic heterocycles. The van der Waals surface area contributed by atoms with E-state index in [0.717, 1.165) is 4.88 Å². The van der Waals surface area contributed by atoms with Crippen LogP contribution < -0.4 is 5.32 Å². The van der Waals surface area contributed by atoms with Crippen molar-refractivity contribution < 1.29 is 14.6 Å². The Morgan fingerprint density at radius 3 is 3.07 bits per heavy atom. The molecule has 14 heavy (non-hydrogen) atoms. The summed E-state index contributed by atoms with van der Waals surface area (Å²) in [7, 11) is 1.59. The van der Waals surface area contributed by atoms with Crippen molar-refractivity contribution in [3.63, 3.8) is 0 Å². The number of carbonyl (C=O) groups is 1. The molecule has 78 valence electrons. The van der Waals surface area contributed by atoms with Crippen molar-refractivity contribution in [2.24, 2.45) is 0 Å². The number of aliphatic carboxylic acids is 1. The van der Waals surface area contributed by atoms with Crippen LogP contribution in [0.2, 0.25) is 0 Å². The molecule has 5 heteroatoms. The Kier molecular flexibility index (Phi) is 4.58. The SMILES string of the molecule is COCCNC(C(=O)O)c1cccs1. The number of ether oxygens (including phenoxy) is 1. The van der Waals surface area contributed by atoms with Gasteiger partial charge in [-0.15, -0.1) is 11.3 Å². The number of methoxy groups -OCH3 is 1. The molecule has 1 aromatic rings. The van der Waals surface area contributed by atoms with Crippen LogP contribution in [0.15, 0.2) is 17.5 Å². The average molecular weight is 215 g/mol. The second kappa shape index (κ2) is 5.74. The second-order valence-electron chi connectivity index (χ2n) is 2.73. The molecule has 0 spiro atoms. The molecule has 1 heterocycles. The zero-order valence-corrected chi connectivity index (χ0v) is 8.71. The van der Waals surface area contributed by atoms with E-state index in [1.54, 1.807) is 7.11 Å². The monoisotopic (exact) mass is 215 g/mol. The number of hydrogen-bond acceptors (Lipinski definition) is 4. The van der Waals surface area contributed by atoms with E-state index in [9.17, 15) is 4.79 Å². The van der Waals surface area contributed by atoms with Gasteiger partial charge in [0.15, 0.2) is 0 Å². The van der Waals surface area contributed by atoms with Crippen LogP contribution in [-0.2, 0) is 9.53 Å². The van der Waals surface area contributed by atoms with Gasteiger partial charge in [0.2, 0.25) is 0 Å². The number of rotatable bonds is 6. The van der Waals surface area contributed by atoms with Crippen molar-refractivity contribution in [1.29, 1.82) is 0 Å². The minimum absolute atomic E-state index is 0.509. The molecule has 1 unspecified atom stereocenters. The molecule has 4 nitrogen and oxygen atoms in total. The van der Waals surface area contributed by atoms with E-state index in [0.29, 0.717) is 13.2 Å². The third kappa shape index (κ3) is 3.10. The molecule has 0 saturated carbocycles. The number of nitrogens with one attached hydrogen (secondary N) is 1. The van der Waals surface area contributed by atoms with E-state index in [1.165, 1.54) is 11.3 Å². The highest BCUT2D eigenvalue weighted by Crippen LogP contribution is 2.18. The number of carboxylic acid groups (broad SMARTS) is 1. The largest absolute Gasteiger partial charge is 0.480 e. The van der Waals surface area contributed by atoms with Crippen LogP contribution in [0.4, 0.5) is 0 Å². The van der Waals surface area contributed by atoms with Crippen LogP contribution >= 0.6 is 11.3 Å². The predicted molar refractivity (Wildman–Crippen MR) is 54.6 cm³/mol. The second-order valence-corrected chi connectivity index (χ2v) is 3.71. The zero-order valence-electron chi connectivity index (χ0n) is 7.90. The lowest BCUT2D eigenvalue weighted by Crippen LogP contribution is -2.30. The maximum atomic E-state index is 10.9. The Labute approximate surface area is 86.5 Å². The molecule has 0 amide bonds. The highest BCUT2D eigenvalue weighted by Gasteiger charge is 2.19. The van der Waals surface area contributed by atoms with Gasteiger partial charge in [0.1, 0.15) is 6.04 Å². The minimum Gasteiger partial charge on any atom is -0.480 e. The Balaban J connectivity index is 2.52. The molecular weight excluding hydrogens is 202 g/mol. The van der Waals surface area contributed by atoms with E-state index < -0.39 is 12.0 Å². The van der Waals surface area contributed by atoms with Gasteiger partial charge in [0, 0.05) is 18.5 Å². The summed E-state index contributed by atoms with van der Waals surface area (Å²) in [6, 6.07) is 3.03. The first-order valence-electron chi connectivity index (χ1n) is 4.24. The van der Waals surface area contributed by atoms with E-state index in [-0.39, 0.29) is 0 Å². The summed E-state index contributed by atoms with van der Waals surface area (Å²) in [4.78, 5) is 11.7. The molecule has 0 bridgehead atoms. The van der Waals surface area contributed by atoms with Crippen molar-refractivity contribution in [3.8, 4) is 0 Å². The molecule has 0 aliphatic rings. The van der Waals surface area contributed by atoms with Gasteiger partial charge in [-0.1, -0.05) is 6.07 Å². The van der Waals surface area contributed by atoms with E-state index >= 15 is 0 Å². The van der Waals surface area contributed by atoms with Crippen LogP contribution in [-0.4, -0.2) is 31.3 Å². The van der Waals surface area contributed by atoms with E-state index in [2.05, 4.69) is 5.32 Å². The lowest BCUT2D eigenvalue weighted by atomic mass is 10.2. The van der Waals surface area contributed by atoms with Crippen molar-refractivity contribution in [2.45, 2.75) is 6.04 Å². The van der Waals surface area contributed by atoms with Gasteiger partial charge in [-0.25, -0.2) is 0 Å². The molecule has 2 N–H and O–H groups in total. The highest BCUT2D eigenvalue weighted by atomic mass is 32.1. The zero-order chi connectivity index (χ0) is 10.4. The Bertz CT molecular complexity index is 274. The van der Waals surface area contributed by atoms with Crippen LogP contribution in [0.1, 0.15) is 10.9 Å². The van der Waals surface area contributed by atoms with E-state index in [4.69, 9.17) is 9.84 Å². The molecule has 0 radical (unpaired) electrons. The first-order valence-corrected chi connectivity index (χ1v) is 5.12. The fraction of sp³-hybridized carbons (Fsp3) is 0.444. The lowest BCUT2D eigenvalue weighted by molar-refractivity contribution is -0.139. The van der Waals surface area contributed by atoms with Crippen LogP contribution in [0.25, 0.3) is 0 Å². The summed E-state index contributed by atoms with van der Waals surface area (Å²) in [6.07, 6.45) is 0. The van der Waals surface area contributed by atoms with Crippen molar-refractivity contribution in [3.05, 3.63) is 22.4 Å². The lowest BCUT2D eigenvalue weighted by Gasteiger charge is -2.11. The van der Waals surface area contributed by atoms with Crippen LogP contribution in [0.5, 0.6) is 0 Å². The van der Waals surface area contributed by atoms with Gasteiger partial charge in [-0.05, 0) is 11.4 Å². The fourth-order valence-electron chi connectivity index (χ4n) is 1.07. The molecule has 0 aromatic carbocycles. The van der Waals surface area contributed by atoms with Crippen molar-refractivity contribution in [1.82, 2.24) is 5.32 Å².